The lowest BCUT2D eigenvalue weighted by molar-refractivity contribution is -0.121. The van der Waals surface area contributed by atoms with Gasteiger partial charge in [0.25, 0.3) is 0 Å². The van der Waals surface area contributed by atoms with E-state index in [1.54, 1.807) is 6.33 Å². The van der Waals surface area contributed by atoms with E-state index in [1.807, 2.05) is 12.1 Å². The van der Waals surface area contributed by atoms with Crippen molar-refractivity contribution in [3.8, 4) is 22.4 Å². The van der Waals surface area contributed by atoms with Gasteiger partial charge in [0.05, 0.1) is 5.69 Å². The molecular weight excluding hydrogens is 590 g/mol. The number of anilines is 3. The lowest BCUT2D eigenvalue weighted by Gasteiger charge is -2.23. The van der Waals surface area contributed by atoms with Gasteiger partial charge in [-0.2, -0.15) is 0 Å². The molecule has 0 saturated heterocycles. The van der Waals surface area contributed by atoms with Gasteiger partial charge in [-0.05, 0) is 54.8 Å². The number of nitrogens with one attached hydrogen (secondary N) is 2. The second kappa shape index (κ2) is 21.6. The second-order valence-corrected chi connectivity index (χ2v) is 12.8. The summed E-state index contributed by atoms with van der Waals surface area (Å²) in [4.78, 5) is 23.7. The Kier molecular flexibility index (Phi) is 16.5. The van der Waals surface area contributed by atoms with Crippen LogP contribution < -0.4 is 15.5 Å². The first-order valence-corrected chi connectivity index (χ1v) is 18.5. The van der Waals surface area contributed by atoms with Crippen molar-refractivity contribution in [2.45, 2.75) is 104 Å². The van der Waals surface area contributed by atoms with E-state index in [9.17, 15) is 4.79 Å². The zero-order chi connectivity index (χ0) is 33.7. The fourth-order valence-corrected chi connectivity index (χ4v) is 6.17. The lowest BCUT2D eigenvalue weighted by Crippen LogP contribution is -2.34. The molecule has 4 rings (SSSR count). The van der Waals surface area contributed by atoms with E-state index >= 15 is 0 Å². The Morgan fingerprint density at radius 2 is 1.27 bits per heavy atom. The first-order chi connectivity index (χ1) is 23.7. The lowest BCUT2D eigenvalue weighted by atomic mass is 10.0. The molecule has 6 heteroatoms. The molecule has 0 fully saturated rings. The fraction of sp³-hybridized carbons (Fsp3) is 0.452. The van der Waals surface area contributed by atoms with E-state index in [0.29, 0.717) is 13.0 Å². The Hall–Kier alpha value is -4.19. The molecule has 256 valence electrons. The molecule has 0 aliphatic rings. The summed E-state index contributed by atoms with van der Waals surface area (Å²) < 4.78 is 0. The number of carbonyl (C=O) groups excluding carboxylic acids is 1. The zero-order valence-electron chi connectivity index (χ0n) is 29.4. The molecule has 0 aliphatic carbocycles. The molecule has 1 aromatic heterocycles. The maximum absolute atomic E-state index is 12.4. The molecule has 48 heavy (non-hydrogen) atoms. The third-order valence-electron chi connectivity index (χ3n) is 9.03. The molecule has 3 aromatic carbocycles. The zero-order valence-corrected chi connectivity index (χ0v) is 29.4. The monoisotopic (exact) mass is 647 g/mol. The van der Waals surface area contributed by atoms with Gasteiger partial charge in [0.1, 0.15) is 12.1 Å². The largest absolute Gasteiger partial charge is 0.370 e. The minimum atomic E-state index is 0.171. The summed E-state index contributed by atoms with van der Waals surface area (Å²) in [5, 5.41) is 6.56. The Morgan fingerprint density at radius 1 is 0.646 bits per heavy atom. The van der Waals surface area contributed by atoms with Gasteiger partial charge in [-0.25, -0.2) is 9.97 Å². The van der Waals surface area contributed by atoms with Crippen LogP contribution in [0.3, 0.4) is 0 Å². The predicted molar refractivity (Wildman–Crippen MR) is 204 cm³/mol. The first kappa shape index (κ1) is 36.6. The van der Waals surface area contributed by atoms with E-state index in [0.717, 1.165) is 59.9 Å². The van der Waals surface area contributed by atoms with Gasteiger partial charge in [-0.1, -0.05) is 133 Å². The SMILES string of the molecule is CCCCCCCCCCCCCCCC(=O)NCCN(CC)c1ccc(Nc2cc(-c3cccc(-c4ccccc4)c3)ncn2)cc1. The van der Waals surface area contributed by atoms with Crippen molar-refractivity contribution in [2.75, 3.05) is 29.9 Å². The molecule has 0 radical (unpaired) electrons. The fourth-order valence-electron chi connectivity index (χ4n) is 6.17. The van der Waals surface area contributed by atoms with Crippen molar-refractivity contribution in [1.29, 1.82) is 0 Å². The van der Waals surface area contributed by atoms with Gasteiger partial charge in [0.2, 0.25) is 5.91 Å². The van der Waals surface area contributed by atoms with Crippen molar-refractivity contribution >= 4 is 23.1 Å². The third-order valence-corrected chi connectivity index (χ3v) is 9.03. The minimum Gasteiger partial charge on any atom is -0.370 e. The molecule has 4 aromatic rings. The number of benzene rings is 3. The van der Waals surface area contributed by atoms with Gasteiger partial charge < -0.3 is 15.5 Å². The van der Waals surface area contributed by atoms with Crippen LogP contribution in [0, 0.1) is 0 Å². The van der Waals surface area contributed by atoms with Crippen LogP contribution in [-0.4, -0.2) is 35.5 Å². The van der Waals surface area contributed by atoms with E-state index in [-0.39, 0.29) is 5.91 Å². The van der Waals surface area contributed by atoms with Crippen LogP contribution in [0.4, 0.5) is 17.2 Å². The molecule has 0 bridgehead atoms. The number of hydrogen-bond donors (Lipinski definition) is 2. The third kappa shape index (κ3) is 13.1. The highest BCUT2D eigenvalue weighted by atomic mass is 16.1. The summed E-state index contributed by atoms with van der Waals surface area (Å²) in [7, 11) is 0. The Labute approximate surface area is 289 Å². The first-order valence-electron chi connectivity index (χ1n) is 18.5. The van der Waals surface area contributed by atoms with Crippen LogP contribution in [0.15, 0.2) is 91.3 Å². The van der Waals surface area contributed by atoms with Gasteiger partial charge in [-0.15, -0.1) is 0 Å². The summed E-state index contributed by atoms with van der Waals surface area (Å²) in [5.74, 6) is 0.918. The maximum Gasteiger partial charge on any atom is 0.220 e. The number of hydrogen-bond acceptors (Lipinski definition) is 5. The Balaban J connectivity index is 1.13. The second-order valence-electron chi connectivity index (χ2n) is 12.8. The number of nitrogens with zero attached hydrogens (tertiary/aromatic N) is 3. The van der Waals surface area contributed by atoms with E-state index in [2.05, 4.69) is 112 Å². The summed E-state index contributed by atoms with van der Waals surface area (Å²) in [6.45, 7) is 6.74. The summed E-state index contributed by atoms with van der Waals surface area (Å²) in [5.41, 5.74) is 6.35. The van der Waals surface area contributed by atoms with Gasteiger partial charge >= 0.3 is 0 Å². The molecule has 0 unspecified atom stereocenters. The van der Waals surface area contributed by atoms with Crippen molar-refractivity contribution in [2.24, 2.45) is 0 Å². The van der Waals surface area contributed by atoms with Crippen LogP contribution in [0.5, 0.6) is 0 Å². The Morgan fingerprint density at radius 3 is 1.94 bits per heavy atom. The van der Waals surface area contributed by atoms with Gasteiger partial charge in [0, 0.05) is 49.1 Å². The number of amides is 1. The van der Waals surface area contributed by atoms with Crippen molar-refractivity contribution in [3.63, 3.8) is 0 Å². The molecule has 1 heterocycles. The minimum absolute atomic E-state index is 0.171. The molecule has 0 saturated carbocycles. The molecular formula is C42H57N5O. The van der Waals surface area contributed by atoms with E-state index in [4.69, 9.17) is 0 Å². The van der Waals surface area contributed by atoms with Crippen LogP contribution >= 0.6 is 0 Å². The highest BCUT2D eigenvalue weighted by molar-refractivity contribution is 5.76. The number of likely N-dealkylation sites (N-methyl/N-ethyl adjacent to an activating group) is 1. The molecule has 1 amide bonds. The Bertz CT molecular complexity index is 1460. The van der Waals surface area contributed by atoms with Crippen molar-refractivity contribution < 1.29 is 4.79 Å². The van der Waals surface area contributed by atoms with Crippen molar-refractivity contribution in [1.82, 2.24) is 15.3 Å². The number of rotatable bonds is 23. The van der Waals surface area contributed by atoms with E-state index in [1.165, 1.54) is 76.2 Å². The summed E-state index contributed by atoms with van der Waals surface area (Å²) in [6, 6.07) is 29.2. The van der Waals surface area contributed by atoms with Gasteiger partial charge in [-0.3, -0.25) is 4.79 Å². The molecule has 0 spiro atoms. The molecule has 0 aliphatic heterocycles. The van der Waals surface area contributed by atoms with Gasteiger partial charge in [0.15, 0.2) is 0 Å². The average molecular weight is 648 g/mol. The summed E-state index contributed by atoms with van der Waals surface area (Å²) >= 11 is 0. The number of unbranched alkanes of at least 4 members (excludes halogenated alkanes) is 12. The summed E-state index contributed by atoms with van der Waals surface area (Å²) in [6.07, 6.45) is 19.4. The average Bonchev–Trinajstić information content (AvgIpc) is 3.13. The highest BCUT2D eigenvalue weighted by Crippen LogP contribution is 2.27. The number of carbonyl (C=O) groups is 1. The van der Waals surface area contributed by atoms with Crippen LogP contribution in [0.2, 0.25) is 0 Å². The topological polar surface area (TPSA) is 70.2 Å². The van der Waals surface area contributed by atoms with Crippen molar-refractivity contribution in [3.05, 3.63) is 91.3 Å². The van der Waals surface area contributed by atoms with Crippen LogP contribution in [0.25, 0.3) is 22.4 Å². The maximum atomic E-state index is 12.4. The molecule has 2 N–H and O–H groups in total. The van der Waals surface area contributed by atoms with Crippen LogP contribution in [-0.2, 0) is 4.79 Å². The quantitative estimate of drug-likeness (QED) is 0.0784. The standard InChI is InChI=1S/C42H57N5O/c1-3-5-6-7-8-9-10-11-12-13-14-15-19-25-42(48)43-30-31-47(4-2)39-28-26-38(27-29-39)46-41-33-40(44-34-45-41)37-24-20-23-36(32-37)35-21-17-16-18-22-35/h16-18,20-24,26-29,32-34H,3-15,19,25,30-31H2,1-2H3,(H,43,48)(H,44,45,46). The van der Waals surface area contributed by atoms with E-state index < -0.39 is 0 Å². The normalized spacial score (nSPS) is 11.0. The molecule has 0 atom stereocenters. The smallest absolute Gasteiger partial charge is 0.220 e. The predicted octanol–water partition coefficient (Wildman–Crippen LogP) is 11.0. The van der Waals surface area contributed by atoms with Crippen LogP contribution in [0.1, 0.15) is 104 Å². The number of aromatic nitrogens is 2. The molecule has 6 nitrogen and oxygen atoms in total. The highest BCUT2D eigenvalue weighted by Gasteiger charge is 2.08.